The highest BCUT2D eigenvalue weighted by Crippen LogP contribution is 2.30. The fourth-order valence-corrected chi connectivity index (χ4v) is 20.5. The van der Waals surface area contributed by atoms with Crippen LogP contribution in [-0.2, 0) is 88.8 Å². The topological polar surface area (TPSA) is 446 Å². The number of aliphatic hydroxyl groups is 3. The first kappa shape index (κ1) is 112. The van der Waals surface area contributed by atoms with Crippen LogP contribution in [0, 0.1) is 46.7 Å². The molecule has 4 aromatic rings. The molecular weight excluding hydrogens is 1710 g/mol. The second kappa shape index (κ2) is 56.9. The van der Waals surface area contributed by atoms with Crippen LogP contribution in [0.2, 0.25) is 0 Å². The van der Waals surface area contributed by atoms with Crippen molar-refractivity contribution in [2.75, 3.05) is 70.2 Å². The van der Waals surface area contributed by atoms with Gasteiger partial charge in [-0.2, -0.15) is 0 Å². The predicted molar refractivity (Wildman–Crippen MR) is 471 cm³/mol. The highest BCUT2D eigenvalue weighted by Gasteiger charge is 2.43. The van der Waals surface area contributed by atoms with E-state index in [1.54, 1.807) is 24.3 Å². The number of amides is 7. The molecule has 38 heteroatoms. The number of carbonyl (C=O) groups is 7. The third-order valence-corrected chi connectivity index (χ3v) is 27.8. The molecule has 1 saturated carbocycles. The molecule has 0 bridgehead atoms. The van der Waals surface area contributed by atoms with Crippen LogP contribution in [0.1, 0.15) is 201 Å². The molecule has 0 saturated heterocycles. The van der Waals surface area contributed by atoms with Crippen LogP contribution in [0.25, 0.3) is 0 Å². The maximum absolute atomic E-state index is 14.0. The average Bonchev–Trinajstić information content (AvgIpc) is 1.65. The normalized spacial score (nSPS) is 14.5. The Bertz CT molecular complexity index is 4280. The first-order chi connectivity index (χ1) is 59.2. The lowest BCUT2D eigenvalue weighted by Gasteiger charge is -2.32. The van der Waals surface area contributed by atoms with Crippen LogP contribution in [0.3, 0.4) is 0 Å². The number of ether oxygens (including phenoxy) is 3. The molecule has 714 valence electrons. The zero-order valence-electron chi connectivity index (χ0n) is 74.9. The van der Waals surface area contributed by atoms with E-state index in [0.717, 1.165) is 61.7 Å². The van der Waals surface area contributed by atoms with Gasteiger partial charge in [-0.25, -0.2) is 66.0 Å². The van der Waals surface area contributed by atoms with Gasteiger partial charge in [0, 0.05) is 82.0 Å². The number of rotatable bonds is 54. The number of nitrogens with two attached hydrogens (primary N) is 3. The molecule has 29 nitrogen and oxygen atoms in total. The summed E-state index contributed by atoms with van der Waals surface area (Å²) < 4.78 is 177. The van der Waals surface area contributed by atoms with E-state index in [-0.39, 0.29) is 112 Å². The van der Waals surface area contributed by atoms with E-state index in [0.29, 0.717) is 108 Å². The number of sulfone groups is 3. The number of methoxy groups -OCH3 is 1. The standard InChI is InChI=1S/C33H49F2N3O6S.C28H44F2N4O7S.C27H45F2N3O6S/c1-5-10-28(11-6-2)45(42,43)22-30(37-33(41)44-21-24-12-8-7-9-13-24)32(40)38(15-14-23(3)4)20-31(39)29(36)18-25-16-26(34)19-27(35)17-25;1-4-6-23(7-5-2)42(39,40)17-25(33-28(38)41-11-10-32-18(3)35)27(37)34(22-8-9-22)16-26(36)24(31)14-19-12-20(29)15-21(30)13-19;1-6-8-22(9-7-2)39(36,37)17-24(31-27(35)38-5)26(34)32(11-10-18(3)4)16-25(33)23(30)14-19-12-20(28)15-21(29)13-19/h7-9,12-13,16-17,19,23,28-31,39H,5-6,10-11,14-15,18,20-22,36H2,1-4H3,(H,37,41);12-13,15,22-26,36H,4-11,14,16-17,31H2,1-3H3,(H,32,35)(H,33,38);12-13,15,18,22-25,33H,6-11,14,16-17,30H2,1-5H3,(H,31,35)/t29-,30+,31+;24-,25+,26+;23-,24+,25+/m000/s1. The lowest BCUT2D eigenvalue weighted by atomic mass is 10.0. The molecule has 0 aromatic heterocycles. The zero-order valence-corrected chi connectivity index (χ0v) is 77.3. The summed E-state index contributed by atoms with van der Waals surface area (Å²) in [5, 5.41) is 40.3. The number of hydrogen-bond acceptors (Lipinski definition) is 22. The number of aliphatic hydroxyl groups excluding tert-OH is 3. The summed E-state index contributed by atoms with van der Waals surface area (Å²) in [5.41, 5.74) is 19.9. The summed E-state index contributed by atoms with van der Waals surface area (Å²) in [5.74, 6) is -8.70. The molecule has 126 heavy (non-hydrogen) atoms. The lowest BCUT2D eigenvalue weighted by molar-refractivity contribution is -0.135. The number of nitrogens with one attached hydrogen (secondary N) is 4. The molecule has 4 aromatic carbocycles. The highest BCUT2D eigenvalue weighted by molar-refractivity contribution is 7.92. The Morgan fingerprint density at radius 2 is 0.754 bits per heavy atom. The minimum atomic E-state index is -3.84. The third-order valence-electron chi connectivity index (χ3n) is 21.0. The number of halogens is 6. The van der Waals surface area contributed by atoms with Crippen molar-refractivity contribution < 1.29 is 115 Å². The van der Waals surface area contributed by atoms with Gasteiger partial charge in [-0.05, 0) is 154 Å². The van der Waals surface area contributed by atoms with Gasteiger partial charge in [-0.15, -0.1) is 0 Å². The Labute approximate surface area is 740 Å². The quantitative estimate of drug-likeness (QED) is 0.0112. The lowest BCUT2D eigenvalue weighted by Crippen LogP contribution is -2.56. The summed E-state index contributed by atoms with van der Waals surface area (Å²) in [7, 11) is -10.3. The van der Waals surface area contributed by atoms with E-state index in [9.17, 15) is 100 Å². The van der Waals surface area contributed by atoms with Gasteiger partial charge in [0.15, 0.2) is 29.5 Å². The SMILES string of the molecule is CCCC(CCC)S(=O)(=O)C[C@@H](NC(=O)OC)C(=O)N(CCC(C)C)C[C@@H](O)[C@@H](N)Cc1cc(F)cc(F)c1.CCCC(CCC)S(=O)(=O)C[C@@H](NC(=O)OCCNC(C)=O)C(=O)N(C[C@@H](O)[C@@H](N)Cc1cc(F)cc(F)c1)C1CC1.CCCC(CCC)S(=O)(=O)C[C@@H](NC(=O)OCc1ccccc1)C(=O)N(CCC(C)C)C[C@@H](O)[C@@H](N)Cc1cc(F)cc(F)c1. The monoisotopic (exact) mass is 1850 g/mol. The molecule has 1 fully saturated rings. The van der Waals surface area contributed by atoms with Gasteiger partial charge in [0.2, 0.25) is 23.6 Å². The van der Waals surface area contributed by atoms with E-state index >= 15 is 0 Å². The van der Waals surface area contributed by atoms with Crippen LogP contribution >= 0.6 is 0 Å². The van der Waals surface area contributed by atoms with Gasteiger partial charge in [0.1, 0.15) is 66.2 Å². The molecule has 0 aliphatic heterocycles. The molecule has 1 aliphatic rings. The number of benzene rings is 4. The Morgan fingerprint density at radius 3 is 1.06 bits per heavy atom. The minimum Gasteiger partial charge on any atom is -0.453 e. The second-order valence-electron chi connectivity index (χ2n) is 33.1. The number of alkyl carbamates (subject to hydrolysis) is 3. The first-order valence-corrected chi connectivity index (χ1v) is 48.6. The molecule has 13 N–H and O–H groups in total. The summed E-state index contributed by atoms with van der Waals surface area (Å²) in [4.78, 5) is 93.9. The van der Waals surface area contributed by atoms with E-state index < -0.39 is 188 Å². The molecule has 5 rings (SSSR count). The van der Waals surface area contributed by atoms with Crippen molar-refractivity contribution in [3.05, 3.63) is 142 Å². The maximum Gasteiger partial charge on any atom is 0.408 e. The van der Waals surface area contributed by atoms with Crippen LogP contribution in [0.15, 0.2) is 84.9 Å². The molecule has 9 atom stereocenters. The Kier molecular flexibility index (Phi) is 50.6. The van der Waals surface area contributed by atoms with Gasteiger partial charge >= 0.3 is 18.3 Å². The van der Waals surface area contributed by atoms with Crippen molar-refractivity contribution in [2.24, 2.45) is 29.0 Å². The van der Waals surface area contributed by atoms with Crippen molar-refractivity contribution in [1.82, 2.24) is 36.0 Å². The van der Waals surface area contributed by atoms with Crippen molar-refractivity contribution in [3.8, 4) is 0 Å². The van der Waals surface area contributed by atoms with E-state index in [1.165, 1.54) is 21.6 Å². The molecule has 7 amide bonds. The number of hydrogen-bond donors (Lipinski definition) is 10. The van der Waals surface area contributed by atoms with Crippen molar-refractivity contribution in [1.29, 1.82) is 0 Å². The average molecular weight is 1850 g/mol. The van der Waals surface area contributed by atoms with Gasteiger partial charge in [0.25, 0.3) is 0 Å². The summed E-state index contributed by atoms with van der Waals surface area (Å²) in [6.45, 7) is 19.6. The summed E-state index contributed by atoms with van der Waals surface area (Å²) in [6, 6.07) is 10.1. The van der Waals surface area contributed by atoms with Crippen molar-refractivity contribution in [3.63, 3.8) is 0 Å². The van der Waals surface area contributed by atoms with Gasteiger partial charge < -0.3 is 82.7 Å². The Balaban J connectivity index is 0.000000489. The highest BCUT2D eigenvalue weighted by atomic mass is 32.2. The summed E-state index contributed by atoms with van der Waals surface area (Å²) in [6.07, 6.45) is 1.51. The smallest absolute Gasteiger partial charge is 0.408 e. The molecule has 0 unspecified atom stereocenters. The largest absolute Gasteiger partial charge is 0.453 e. The van der Waals surface area contributed by atoms with E-state index in [1.807, 2.05) is 75.3 Å². The van der Waals surface area contributed by atoms with Gasteiger partial charge in [0.05, 0.1) is 65.0 Å². The fourth-order valence-electron chi connectivity index (χ4n) is 14.1. The third kappa shape index (κ3) is 42.3. The number of nitrogens with zero attached hydrogens (tertiary/aromatic N) is 3. The number of carbonyl (C=O) groups excluding carboxylic acids is 7. The second-order valence-corrected chi connectivity index (χ2v) is 40.1. The minimum absolute atomic E-state index is 0.0300. The Morgan fingerprint density at radius 1 is 0.444 bits per heavy atom. The van der Waals surface area contributed by atoms with Crippen LogP contribution in [-0.4, -0.2) is 244 Å². The molecule has 0 spiro atoms. The predicted octanol–water partition coefficient (Wildman–Crippen LogP) is 9.73. The van der Waals surface area contributed by atoms with Crippen molar-refractivity contribution in [2.45, 2.75) is 281 Å². The fraction of sp³-hybridized carbons (Fsp3) is 0.648. The molecule has 1 aliphatic carbocycles. The van der Waals surface area contributed by atoms with Crippen LogP contribution in [0.4, 0.5) is 40.7 Å². The zero-order chi connectivity index (χ0) is 94.8. The maximum atomic E-state index is 14.0. The Hall–Kier alpha value is -8.24. The molecule has 0 radical (unpaired) electrons. The van der Waals surface area contributed by atoms with Crippen LogP contribution < -0.4 is 38.5 Å². The first-order valence-electron chi connectivity index (χ1n) is 43.4. The summed E-state index contributed by atoms with van der Waals surface area (Å²) >= 11 is 0. The van der Waals surface area contributed by atoms with Gasteiger partial charge in [-0.1, -0.05) is 138 Å². The van der Waals surface area contributed by atoms with Crippen LogP contribution in [0.5, 0.6) is 0 Å². The van der Waals surface area contributed by atoms with E-state index in [4.69, 9.17) is 26.7 Å². The van der Waals surface area contributed by atoms with E-state index in [2.05, 4.69) is 26.0 Å². The molecule has 0 heterocycles. The van der Waals surface area contributed by atoms with Crippen molar-refractivity contribution >= 4 is 71.4 Å². The van der Waals surface area contributed by atoms with Gasteiger partial charge in [-0.3, -0.25) is 19.2 Å². The molecular formula is C88H138F6N10O19S3.